The molecular formula is C30H41N5O5. The van der Waals surface area contributed by atoms with Gasteiger partial charge in [-0.3, -0.25) is 24.2 Å². The van der Waals surface area contributed by atoms with Gasteiger partial charge in [-0.15, -0.1) is 0 Å². The minimum atomic E-state index is -0.963. The van der Waals surface area contributed by atoms with Crippen molar-refractivity contribution >= 4 is 23.6 Å². The minimum Gasteiger partial charge on any atom is -0.491 e. The van der Waals surface area contributed by atoms with Gasteiger partial charge in [0, 0.05) is 25.4 Å². The van der Waals surface area contributed by atoms with Gasteiger partial charge in [0.2, 0.25) is 17.7 Å². The molecule has 0 fully saturated rings. The highest BCUT2D eigenvalue weighted by molar-refractivity contribution is 5.99. The number of benzene rings is 1. The molecule has 0 aliphatic carbocycles. The summed E-state index contributed by atoms with van der Waals surface area (Å²) in [6.45, 7) is 8.39. The molecular weight excluding hydrogens is 510 g/mol. The van der Waals surface area contributed by atoms with Crippen molar-refractivity contribution in [2.24, 2.45) is 11.8 Å². The maximum atomic E-state index is 13.3. The first-order chi connectivity index (χ1) is 19.1. The molecule has 0 saturated carbocycles. The summed E-state index contributed by atoms with van der Waals surface area (Å²) in [6, 6.07) is 8.47. The molecule has 2 aromatic rings. The van der Waals surface area contributed by atoms with E-state index in [-0.39, 0.29) is 54.7 Å². The van der Waals surface area contributed by atoms with Crippen LogP contribution in [0.15, 0.2) is 48.8 Å². The normalized spacial score (nSPS) is 20.8. The van der Waals surface area contributed by atoms with E-state index in [9.17, 15) is 19.2 Å². The van der Waals surface area contributed by atoms with Gasteiger partial charge in [-0.05, 0) is 60.9 Å². The van der Waals surface area contributed by atoms with E-state index < -0.39 is 23.9 Å². The Balaban J connectivity index is 1.84. The molecule has 2 heterocycles. The maximum absolute atomic E-state index is 13.3. The van der Waals surface area contributed by atoms with Gasteiger partial charge >= 0.3 is 0 Å². The number of nitrogens with zero attached hydrogens (tertiary/aromatic N) is 1. The number of fused-ring (bicyclic) bond motifs is 1. The van der Waals surface area contributed by atoms with Crippen LogP contribution in [0.5, 0.6) is 5.75 Å². The molecule has 1 aromatic heterocycles. The molecule has 0 radical (unpaired) electrons. The Morgan fingerprint density at radius 1 is 1.02 bits per heavy atom. The van der Waals surface area contributed by atoms with E-state index in [4.69, 9.17) is 4.74 Å². The molecule has 0 bridgehead atoms. The molecule has 216 valence electrons. The number of carbonyl (C=O) groups excluding carboxylic acids is 4. The topological polar surface area (TPSA) is 139 Å². The van der Waals surface area contributed by atoms with Gasteiger partial charge in [0.15, 0.2) is 0 Å². The molecule has 40 heavy (non-hydrogen) atoms. The number of carbonyl (C=O) groups is 4. The average Bonchev–Trinajstić information content (AvgIpc) is 2.92. The molecule has 1 aromatic carbocycles. The predicted molar refractivity (Wildman–Crippen MR) is 152 cm³/mol. The molecule has 0 spiro atoms. The third-order valence-corrected chi connectivity index (χ3v) is 6.79. The number of pyridine rings is 1. The number of hydrogen-bond acceptors (Lipinski definition) is 6. The van der Waals surface area contributed by atoms with Crippen LogP contribution >= 0.6 is 0 Å². The highest BCUT2D eigenvalue weighted by Gasteiger charge is 2.29. The fourth-order valence-electron chi connectivity index (χ4n) is 4.40. The second kappa shape index (κ2) is 15.0. The molecule has 3 rings (SSSR count). The molecule has 4 N–H and O–H groups in total. The zero-order valence-electron chi connectivity index (χ0n) is 23.7. The van der Waals surface area contributed by atoms with E-state index in [0.29, 0.717) is 25.1 Å². The number of ether oxygens (including phenoxy) is 1. The van der Waals surface area contributed by atoms with Crippen LogP contribution in [0.4, 0.5) is 0 Å². The monoisotopic (exact) mass is 551 g/mol. The van der Waals surface area contributed by atoms with Crippen LogP contribution in [0.1, 0.15) is 62.9 Å². The number of para-hydroxylation sites is 1. The van der Waals surface area contributed by atoms with Gasteiger partial charge in [0.05, 0.1) is 11.6 Å². The summed E-state index contributed by atoms with van der Waals surface area (Å²) in [7, 11) is 0. The summed E-state index contributed by atoms with van der Waals surface area (Å²) < 4.78 is 6.03. The highest BCUT2D eigenvalue weighted by atomic mass is 16.5. The lowest BCUT2D eigenvalue weighted by Gasteiger charge is -2.27. The second-order valence-electron chi connectivity index (χ2n) is 10.9. The Kier molecular flexibility index (Phi) is 11.5. The Hall–Kier alpha value is -3.95. The van der Waals surface area contributed by atoms with Crippen molar-refractivity contribution in [2.75, 3.05) is 13.2 Å². The third-order valence-electron chi connectivity index (χ3n) is 6.79. The molecule has 0 saturated heterocycles. The Morgan fingerprint density at radius 3 is 2.45 bits per heavy atom. The van der Waals surface area contributed by atoms with Crippen molar-refractivity contribution in [3.63, 3.8) is 0 Å². The fourth-order valence-corrected chi connectivity index (χ4v) is 4.40. The number of nitrogens with one attached hydrogen (secondary N) is 4. The first kappa shape index (κ1) is 30.6. The van der Waals surface area contributed by atoms with Gasteiger partial charge in [-0.1, -0.05) is 39.8 Å². The summed E-state index contributed by atoms with van der Waals surface area (Å²) >= 11 is 0. The average molecular weight is 552 g/mol. The third kappa shape index (κ3) is 9.36. The summed E-state index contributed by atoms with van der Waals surface area (Å²) in [6.07, 6.45) is 4.44. The second-order valence-corrected chi connectivity index (χ2v) is 10.9. The van der Waals surface area contributed by atoms with Crippen LogP contribution in [-0.2, 0) is 20.8 Å². The quantitative estimate of drug-likeness (QED) is 0.417. The van der Waals surface area contributed by atoms with E-state index in [1.165, 1.54) is 0 Å². The SMILES string of the molecule is CC(C)C[C@@H]1NC(=O)CC[C@@H](C(=O)NCCc2ccncc2)NC(=O)c2ccccc2OC[C@@H](C(C)C)NC1=O. The van der Waals surface area contributed by atoms with Gasteiger partial charge in [0.1, 0.15) is 24.4 Å². The lowest BCUT2D eigenvalue weighted by atomic mass is 10.0. The van der Waals surface area contributed by atoms with Crippen LogP contribution in [-0.4, -0.2) is 59.9 Å². The standard InChI is InChI=1S/C30H41N5O5/c1-19(2)17-24-30(39)35-25(20(3)4)18-40-26-8-6-5-7-22(26)28(37)34-23(9-10-27(36)33-24)29(38)32-16-13-21-11-14-31-15-12-21/h5-8,11-12,14-15,19-20,23-25H,9-10,13,16-18H2,1-4H3,(H,32,38)(H,33,36)(H,34,37)(H,35,39)/t23-,24-,25-/m0/s1. The summed E-state index contributed by atoms with van der Waals surface area (Å²) in [5.41, 5.74) is 1.28. The predicted octanol–water partition coefficient (Wildman–Crippen LogP) is 2.38. The largest absolute Gasteiger partial charge is 0.491 e. The lowest BCUT2D eigenvalue weighted by molar-refractivity contribution is -0.130. The number of rotatable bonds is 7. The summed E-state index contributed by atoms with van der Waals surface area (Å²) in [5, 5.41) is 11.5. The van der Waals surface area contributed by atoms with Crippen molar-refractivity contribution in [3.8, 4) is 5.75 Å². The van der Waals surface area contributed by atoms with Crippen molar-refractivity contribution in [1.29, 1.82) is 0 Å². The highest BCUT2D eigenvalue weighted by Crippen LogP contribution is 2.20. The van der Waals surface area contributed by atoms with E-state index >= 15 is 0 Å². The minimum absolute atomic E-state index is 0.0382. The van der Waals surface area contributed by atoms with E-state index in [0.717, 1.165) is 5.56 Å². The Labute approximate surface area is 236 Å². The molecule has 1 aliphatic rings. The molecule has 0 unspecified atom stereocenters. The zero-order chi connectivity index (χ0) is 29.1. The van der Waals surface area contributed by atoms with Crippen LogP contribution < -0.4 is 26.0 Å². The van der Waals surface area contributed by atoms with Gasteiger partial charge in [0.25, 0.3) is 5.91 Å². The summed E-state index contributed by atoms with van der Waals surface area (Å²) in [5.74, 6) is -0.977. The van der Waals surface area contributed by atoms with E-state index in [1.807, 2.05) is 39.8 Å². The lowest BCUT2D eigenvalue weighted by Crippen LogP contribution is -2.53. The van der Waals surface area contributed by atoms with Crippen LogP contribution in [0.3, 0.4) is 0 Å². The number of hydrogen-bond donors (Lipinski definition) is 4. The molecule has 10 nitrogen and oxygen atoms in total. The van der Waals surface area contributed by atoms with Crippen LogP contribution in [0, 0.1) is 11.8 Å². The van der Waals surface area contributed by atoms with Crippen molar-refractivity contribution in [2.45, 2.75) is 71.5 Å². The molecule has 4 amide bonds. The van der Waals surface area contributed by atoms with Crippen LogP contribution in [0.2, 0.25) is 0 Å². The van der Waals surface area contributed by atoms with Crippen molar-refractivity contribution in [1.82, 2.24) is 26.3 Å². The fraction of sp³-hybridized carbons (Fsp3) is 0.500. The summed E-state index contributed by atoms with van der Waals surface area (Å²) in [4.78, 5) is 56.7. The molecule has 1 aliphatic heterocycles. The van der Waals surface area contributed by atoms with Crippen LogP contribution in [0.25, 0.3) is 0 Å². The van der Waals surface area contributed by atoms with E-state index in [1.54, 1.807) is 36.7 Å². The van der Waals surface area contributed by atoms with Gasteiger partial charge < -0.3 is 26.0 Å². The molecule has 10 heteroatoms. The Morgan fingerprint density at radius 2 is 1.75 bits per heavy atom. The number of aromatic nitrogens is 1. The van der Waals surface area contributed by atoms with E-state index in [2.05, 4.69) is 26.3 Å². The van der Waals surface area contributed by atoms with Crippen molar-refractivity contribution in [3.05, 3.63) is 59.9 Å². The smallest absolute Gasteiger partial charge is 0.255 e. The zero-order valence-corrected chi connectivity index (χ0v) is 23.7. The Bertz CT molecular complexity index is 1150. The maximum Gasteiger partial charge on any atom is 0.255 e. The van der Waals surface area contributed by atoms with Crippen molar-refractivity contribution < 1.29 is 23.9 Å². The molecule has 3 atom stereocenters. The first-order valence-corrected chi connectivity index (χ1v) is 13.9. The number of amides is 4. The van der Waals surface area contributed by atoms with Gasteiger partial charge in [-0.2, -0.15) is 0 Å². The van der Waals surface area contributed by atoms with Gasteiger partial charge in [-0.25, -0.2) is 0 Å². The first-order valence-electron chi connectivity index (χ1n) is 13.9.